The van der Waals surface area contributed by atoms with Crippen molar-refractivity contribution in [1.82, 2.24) is 0 Å². The summed E-state index contributed by atoms with van der Waals surface area (Å²) in [6.45, 7) is 0. The summed E-state index contributed by atoms with van der Waals surface area (Å²) in [7, 11) is 0. The van der Waals surface area contributed by atoms with Gasteiger partial charge >= 0.3 is 0 Å². The van der Waals surface area contributed by atoms with Crippen LogP contribution in [0.4, 0.5) is 17.1 Å². The second-order valence-electron chi connectivity index (χ2n) is 16.0. The van der Waals surface area contributed by atoms with Crippen molar-refractivity contribution in [2.24, 2.45) is 0 Å². The van der Waals surface area contributed by atoms with Crippen LogP contribution in [-0.2, 0) is 0 Å². The highest BCUT2D eigenvalue weighted by atomic mass is 15.1. The lowest BCUT2D eigenvalue weighted by molar-refractivity contribution is 1.27. The summed E-state index contributed by atoms with van der Waals surface area (Å²) in [5.41, 5.74) is 16.9. The highest BCUT2D eigenvalue weighted by molar-refractivity contribution is 5.91. The minimum Gasteiger partial charge on any atom is -0.310 e. The van der Waals surface area contributed by atoms with Gasteiger partial charge in [0.2, 0.25) is 0 Å². The first-order valence-electron chi connectivity index (χ1n) is 22.8. The second-order valence-corrected chi connectivity index (χ2v) is 16.0. The van der Waals surface area contributed by atoms with E-state index in [1.807, 2.05) is 0 Å². The SMILES string of the molecule is C(=Cc1ccc(N(c2ccccc2)c2ccccc2)c(C=CC=C(c2ccccc2)c2ccccc2)c1C=CC=C(c1ccccc1)c1ccccc1)C=C(c1ccccc1)c1ccccc1. The normalized spacial score (nSPS) is 11.1. The fourth-order valence-corrected chi connectivity index (χ4v) is 8.44. The maximum atomic E-state index is 2.36. The molecule has 0 atom stereocenters. The van der Waals surface area contributed by atoms with Crippen molar-refractivity contribution < 1.29 is 0 Å². The van der Waals surface area contributed by atoms with E-state index in [2.05, 4.69) is 314 Å². The van der Waals surface area contributed by atoms with Gasteiger partial charge in [-0.1, -0.05) is 279 Å². The number of allylic oxidation sites excluding steroid dienone is 6. The summed E-state index contributed by atoms with van der Waals surface area (Å²) in [6.07, 6.45) is 20.2. The molecule has 0 fully saturated rings. The molecular formula is C66H51N. The molecule has 0 N–H and O–H groups in total. The maximum Gasteiger partial charge on any atom is 0.0540 e. The van der Waals surface area contributed by atoms with Gasteiger partial charge in [-0.2, -0.15) is 0 Å². The molecular weight excluding hydrogens is 807 g/mol. The summed E-state index contributed by atoms with van der Waals surface area (Å²) < 4.78 is 0. The Bertz CT molecular complexity index is 2980. The molecule has 0 spiro atoms. The summed E-state index contributed by atoms with van der Waals surface area (Å²) in [6, 6.07) is 89.6. The van der Waals surface area contributed by atoms with Gasteiger partial charge < -0.3 is 4.90 Å². The first kappa shape index (κ1) is 43.5. The van der Waals surface area contributed by atoms with Crippen molar-refractivity contribution in [2.45, 2.75) is 0 Å². The molecule has 1 heteroatoms. The molecule has 0 saturated heterocycles. The third-order valence-electron chi connectivity index (χ3n) is 11.7. The number of benzene rings is 9. The van der Waals surface area contributed by atoms with E-state index in [9.17, 15) is 0 Å². The predicted molar refractivity (Wildman–Crippen MR) is 288 cm³/mol. The monoisotopic (exact) mass is 857 g/mol. The highest BCUT2D eigenvalue weighted by Gasteiger charge is 2.18. The van der Waals surface area contributed by atoms with Crippen LogP contribution in [0.3, 0.4) is 0 Å². The van der Waals surface area contributed by atoms with Crippen LogP contribution in [0, 0.1) is 0 Å². The van der Waals surface area contributed by atoms with Crippen LogP contribution >= 0.6 is 0 Å². The molecule has 0 aliphatic heterocycles. The average molecular weight is 858 g/mol. The van der Waals surface area contributed by atoms with Gasteiger partial charge in [0, 0.05) is 16.9 Å². The van der Waals surface area contributed by atoms with Gasteiger partial charge in [0.1, 0.15) is 0 Å². The quantitative estimate of drug-likeness (QED) is 0.0929. The Morgan fingerprint density at radius 2 is 0.522 bits per heavy atom. The molecule has 0 radical (unpaired) electrons. The highest BCUT2D eigenvalue weighted by Crippen LogP contribution is 2.40. The van der Waals surface area contributed by atoms with Gasteiger partial charge in [-0.25, -0.2) is 0 Å². The van der Waals surface area contributed by atoms with E-state index in [0.717, 1.165) is 83.9 Å². The average Bonchev–Trinajstić information content (AvgIpc) is 3.41. The van der Waals surface area contributed by atoms with Crippen molar-refractivity contribution in [3.63, 3.8) is 0 Å². The Labute approximate surface area is 396 Å². The van der Waals surface area contributed by atoms with E-state index < -0.39 is 0 Å². The van der Waals surface area contributed by atoms with Gasteiger partial charge in [-0.05, 0) is 91.6 Å². The lowest BCUT2D eigenvalue weighted by atomic mass is 9.93. The van der Waals surface area contributed by atoms with Crippen LogP contribution in [0.25, 0.3) is 34.9 Å². The molecule has 1 nitrogen and oxygen atoms in total. The van der Waals surface area contributed by atoms with Crippen LogP contribution in [0.5, 0.6) is 0 Å². The van der Waals surface area contributed by atoms with Crippen molar-refractivity contribution in [2.75, 3.05) is 4.90 Å². The van der Waals surface area contributed by atoms with Gasteiger partial charge in [0.05, 0.1) is 5.69 Å². The zero-order valence-corrected chi connectivity index (χ0v) is 37.4. The first-order chi connectivity index (χ1) is 33.3. The molecule has 0 heterocycles. The third kappa shape index (κ3) is 11.0. The van der Waals surface area contributed by atoms with E-state index in [1.54, 1.807) is 0 Å². The Balaban J connectivity index is 1.28. The summed E-state index contributed by atoms with van der Waals surface area (Å²) in [4.78, 5) is 2.36. The van der Waals surface area contributed by atoms with Gasteiger partial charge in [0.15, 0.2) is 0 Å². The fraction of sp³-hybridized carbons (Fsp3) is 0. The fourth-order valence-electron chi connectivity index (χ4n) is 8.44. The minimum atomic E-state index is 1.06. The lowest BCUT2D eigenvalue weighted by Gasteiger charge is -2.28. The van der Waals surface area contributed by atoms with Crippen LogP contribution < -0.4 is 4.90 Å². The smallest absolute Gasteiger partial charge is 0.0540 e. The van der Waals surface area contributed by atoms with Crippen LogP contribution in [0.15, 0.2) is 291 Å². The molecule has 0 unspecified atom stereocenters. The summed E-state index contributed by atoms with van der Waals surface area (Å²) >= 11 is 0. The van der Waals surface area contributed by atoms with Crippen molar-refractivity contribution in [3.8, 4) is 0 Å². The van der Waals surface area contributed by atoms with Gasteiger partial charge in [-0.15, -0.1) is 0 Å². The zero-order chi connectivity index (χ0) is 45.3. The van der Waals surface area contributed by atoms with E-state index in [1.165, 1.54) is 0 Å². The molecule has 0 aliphatic rings. The molecule has 0 bridgehead atoms. The van der Waals surface area contributed by atoms with E-state index >= 15 is 0 Å². The van der Waals surface area contributed by atoms with E-state index in [-0.39, 0.29) is 0 Å². The predicted octanol–water partition coefficient (Wildman–Crippen LogP) is 17.6. The molecule has 0 aromatic heterocycles. The standard InChI is InChI=1S/C66H51N/c1-9-28-52(29-10-1)61(53-30-11-2-12-31-53)45-25-40-58-50-51-66(67(59-41-21-7-22-42-59)60-43-23-8-24-44-60)65(49-27-47-63(56-36-17-5-18-37-56)57-38-19-6-20-39-57)64(58)48-26-46-62(54-32-13-3-14-33-54)55-34-15-4-16-35-55/h1-51H. The minimum absolute atomic E-state index is 1.06. The lowest BCUT2D eigenvalue weighted by Crippen LogP contribution is -2.12. The Morgan fingerprint density at radius 1 is 0.254 bits per heavy atom. The molecule has 0 saturated carbocycles. The molecule has 9 rings (SSSR count). The number of para-hydroxylation sites is 2. The number of hydrogen-bond donors (Lipinski definition) is 0. The van der Waals surface area contributed by atoms with Crippen molar-refractivity contribution in [3.05, 3.63) is 341 Å². The van der Waals surface area contributed by atoms with Crippen LogP contribution in [0.2, 0.25) is 0 Å². The van der Waals surface area contributed by atoms with Gasteiger partial charge in [-0.3, -0.25) is 0 Å². The van der Waals surface area contributed by atoms with E-state index in [4.69, 9.17) is 0 Å². The summed E-state index contributed by atoms with van der Waals surface area (Å²) in [5.74, 6) is 0. The summed E-state index contributed by atoms with van der Waals surface area (Å²) in [5, 5.41) is 0. The number of rotatable bonds is 15. The topological polar surface area (TPSA) is 3.24 Å². The Morgan fingerprint density at radius 3 is 0.836 bits per heavy atom. The zero-order valence-electron chi connectivity index (χ0n) is 37.4. The second kappa shape index (κ2) is 22.2. The van der Waals surface area contributed by atoms with Crippen LogP contribution in [0.1, 0.15) is 50.1 Å². The van der Waals surface area contributed by atoms with Crippen LogP contribution in [-0.4, -0.2) is 0 Å². The molecule has 320 valence electrons. The largest absolute Gasteiger partial charge is 0.310 e. The van der Waals surface area contributed by atoms with E-state index in [0.29, 0.717) is 0 Å². The third-order valence-corrected chi connectivity index (χ3v) is 11.7. The Kier molecular flexibility index (Phi) is 14.4. The molecule has 9 aromatic carbocycles. The molecule has 9 aromatic rings. The van der Waals surface area contributed by atoms with Crippen molar-refractivity contribution >= 4 is 52.0 Å². The van der Waals surface area contributed by atoms with Crippen molar-refractivity contribution in [1.29, 1.82) is 0 Å². The number of hydrogen-bond acceptors (Lipinski definition) is 1. The van der Waals surface area contributed by atoms with Gasteiger partial charge in [0.25, 0.3) is 0 Å². The maximum absolute atomic E-state index is 2.36. The number of nitrogens with zero attached hydrogens (tertiary/aromatic N) is 1. The molecule has 0 amide bonds. The number of anilines is 3. The molecule has 0 aliphatic carbocycles. The first-order valence-corrected chi connectivity index (χ1v) is 22.8. The molecule has 67 heavy (non-hydrogen) atoms. The Hall–Kier alpha value is -8.78.